The summed E-state index contributed by atoms with van der Waals surface area (Å²) in [6.07, 6.45) is 3.51. The van der Waals surface area contributed by atoms with Crippen LogP contribution in [0.1, 0.15) is 25.7 Å². The molecule has 0 bridgehead atoms. The molecule has 5 heteroatoms. The number of nitrogens with zero attached hydrogens (tertiary/aromatic N) is 1. The van der Waals surface area contributed by atoms with E-state index in [0.29, 0.717) is 6.54 Å². The number of hydrogen-bond acceptors (Lipinski definition) is 3. The van der Waals surface area contributed by atoms with Gasteiger partial charge in [-0.05, 0) is 55.1 Å². The summed E-state index contributed by atoms with van der Waals surface area (Å²) in [5.41, 5.74) is 0.780. The maximum absolute atomic E-state index is 12.8. The summed E-state index contributed by atoms with van der Waals surface area (Å²) in [6, 6.07) is 13.5. The summed E-state index contributed by atoms with van der Waals surface area (Å²) in [5.74, 6) is -0.00668. The van der Waals surface area contributed by atoms with E-state index in [1.165, 1.54) is 0 Å². The fraction of sp³-hybridized carbons (Fsp3) is 0.400. The van der Waals surface area contributed by atoms with Crippen molar-refractivity contribution in [1.29, 1.82) is 0 Å². The molecule has 2 atom stereocenters. The van der Waals surface area contributed by atoms with E-state index in [1.54, 1.807) is 4.90 Å². The van der Waals surface area contributed by atoms with Crippen LogP contribution in [0.4, 0.5) is 5.69 Å². The Balaban J connectivity index is 1.48. The second-order valence-electron chi connectivity index (χ2n) is 6.89. The van der Waals surface area contributed by atoms with E-state index in [0.717, 1.165) is 48.7 Å². The highest BCUT2D eigenvalue weighted by atomic mass is 16.2. The summed E-state index contributed by atoms with van der Waals surface area (Å²) in [5, 5.41) is 8.47. The molecule has 0 aliphatic carbocycles. The molecule has 0 spiro atoms. The number of likely N-dealkylation sites (tertiary alicyclic amines) is 1. The highest BCUT2D eigenvalue weighted by molar-refractivity contribution is 5.99. The Morgan fingerprint density at radius 2 is 1.88 bits per heavy atom. The van der Waals surface area contributed by atoms with Crippen molar-refractivity contribution < 1.29 is 9.59 Å². The van der Waals surface area contributed by atoms with Gasteiger partial charge in [-0.1, -0.05) is 30.3 Å². The molecule has 2 aromatic rings. The van der Waals surface area contributed by atoms with Gasteiger partial charge in [0.2, 0.25) is 11.8 Å². The number of rotatable bonds is 3. The molecule has 2 saturated heterocycles. The molecular weight excluding hydrogens is 314 g/mol. The van der Waals surface area contributed by atoms with E-state index in [9.17, 15) is 9.59 Å². The van der Waals surface area contributed by atoms with Crippen molar-refractivity contribution in [2.45, 2.75) is 37.8 Å². The molecule has 2 aliphatic heterocycles. The quantitative estimate of drug-likeness (QED) is 0.905. The second kappa shape index (κ2) is 6.84. The first-order valence-electron chi connectivity index (χ1n) is 9.06. The number of benzene rings is 2. The van der Waals surface area contributed by atoms with Gasteiger partial charge >= 0.3 is 0 Å². The Morgan fingerprint density at radius 1 is 1.04 bits per heavy atom. The number of nitrogens with one attached hydrogen (secondary N) is 2. The van der Waals surface area contributed by atoms with Crippen molar-refractivity contribution in [2.75, 3.05) is 18.4 Å². The van der Waals surface area contributed by atoms with Gasteiger partial charge in [-0.2, -0.15) is 0 Å². The lowest BCUT2D eigenvalue weighted by Gasteiger charge is -2.26. The van der Waals surface area contributed by atoms with Gasteiger partial charge in [0.15, 0.2) is 0 Å². The number of anilines is 1. The summed E-state index contributed by atoms with van der Waals surface area (Å²) < 4.78 is 0. The first-order valence-corrected chi connectivity index (χ1v) is 9.06. The number of hydrogen-bond donors (Lipinski definition) is 2. The van der Waals surface area contributed by atoms with Crippen LogP contribution in [0, 0.1) is 0 Å². The third-order valence-corrected chi connectivity index (χ3v) is 5.21. The Labute approximate surface area is 147 Å². The van der Waals surface area contributed by atoms with Gasteiger partial charge in [-0.25, -0.2) is 0 Å². The SMILES string of the molecule is O=C(Nc1ccc2ccccc2c1)[C@@H]1CCCN1C(=O)[C@@H]1CCCN1. The van der Waals surface area contributed by atoms with Crippen LogP contribution >= 0.6 is 0 Å². The topological polar surface area (TPSA) is 61.4 Å². The number of amides is 2. The van der Waals surface area contributed by atoms with Gasteiger partial charge in [0.1, 0.15) is 6.04 Å². The minimum Gasteiger partial charge on any atom is -0.329 e. The van der Waals surface area contributed by atoms with E-state index in [-0.39, 0.29) is 23.9 Å². The fourth-order valence-electron chi connectivity index (χ4n) is 3.89. The monoisotopic (exact) mass is 337 g/mol. The Bertz CT molecular complexity index is 798. The van der Waals surface area contributed by atoms with Crippen LogP contribution in [0.15, 0.2) is 42.5 Å². The molecule has 2 fully saturated rings. The lowest BCUT2D eigenvalue weighted by molar-refractivity contribution is -0.138. The van der Waals surface area contributed by atoms with E-state index in [1.807, 2.05) is 42.5 Å². The van der Waals surface area contributed by atoms with Crippen molar-refractivity contribution in [1.82, 2.24) is 10.2 Å². The van der Waals surface area contributed by atoms with Gasteiger partial charge in [-0.15, -0.1) is 0 Å². The maximum atomic E-state index is 12.8. The van der Waals surface area contributed by atoms with E-state index >= 15 is 0 Å². The van der Waals surface area contributed by atoms with Gasteiger partial charge in [0, 0.05) is 12.2 Å². The fourth-order valence-corrected chi connectivity index (χ4v) is 3.89. The smallest absolute Gasteiger partial charge is 0.247 e. The van der Waals surface area contributed by atoms with Crippen molar-refractivity contribution in [3.8, 4) is 0 Å². The summed E-state index contributed by atoms with van der Waals surface area (Å²) >= 11 is 0. The zero-order chi connectivity index (χ0) is 17.2. The molecule has 5 nitrogen and oxygen atoms in total. The number of fused-ring (bicyclic) bond motifs is 1. The molecule has 0 saturated carbocycles. The van der Waals surface area contributed by atoms with Crippen LogP contribution in [0.5, 0.6) is 0 Å². The minimum absolute atomic E-state index is 0.0775. The van der Waals surface area contributed by atoms with Gasteiger partial charge in [0.25, 0.3) is 0 Å². The largest absolute Gasteiger partial charge is 0.329 e. The molecule has 130 valence electrons. The average molecular weight is 337 g/mol. The van der Waals surface area contributed by atoms with E-state index < -0.39 is 0 Å². The van der Waals surface area contributed by atoms with Crippen LogP contribution < -0.4 is 10.6 Å². The minimum atomic E-state index is -0.360. The molecule has 4 rings (SSSR count). The third-order valence-electron chi connectivity index (χ3n) is 5.21. The van der Waals surface area contributed by atoms with Crippen LogP contribution in [-0.2, 0) is 9.59 Å². The molecule has 2 aliphatic rings. The summed E-state index contributed by atoms with van der Waals surface area (Å²) in [4.78, 5) is 27.2. The molecule has 2 heterocycles. The third kappa shape index (κ3) is 3.24. The average Bonchev–Trinajstić information content (AvgIpc) is 3.33. The molecule has 0 unspecified atom stereocenters. The van der Waals surface area contributed by atoms with Gasteiger partial charge in [0.05, 0.1) is 6.04 Å². The standard InChI is InChI=1S/C20H23N3O2/c24-19(22-16-10-9-14-5-1-2-6-15(14)13-16)18-8-4-12-23(18)20(25)17-7-3-11-21-17/h1-2,5-6,9-10,13,17-18,21H,3-4,7-8,11-12H2,(H,22,24)/t17-,18-/m0/s1. The Kier molecular flexibility index (Phi) is 4.40. The molecule has 0 aromatic heterocycles. The van der Waals surface area contributed by atoms with E-state index in [2.05, 4.69) is 10.6 Å². The molecule has 2 N–H and O–H groups in total. The molecule has 0 radical (unpaired) electrons. The molecule has 25 heavy (non-hydrogen) atoms. The van der Waals surface area contributed by atoms with Gasteiger partial charge < -0.3 is 15.5 Å². The normalized spacial score (nSPS) is 23.1. The number of carbonyl (C=O) groups excluding carboxylic acids is 2. The first kappa shape index (κ1) is 16.1. The molecule has 2 amide bonds. The van der Waals surface area contributed by atoms with Crippen molar-refractivity contribution in [3.63, 3.8) is 0 Å². The first-order chi connectivity index (χ1) is 12.2. The molecular formula is C20H23N3O2. The molecule has 2 aromatic carbocycles. The summed E-state index contributed by atoms with van der Waals surface area (Å²) in [7, 11) is 0. The van der Waals surface area contributed by atoms with Crippen molar-refractivity contribution >= 4 is 28.3 Å². The lowest BCUT2D eigenvalue weighted by Crippen LogP contribution is -2.49. The summed E-state index contributed by atoms with van der Waals surface area (Å²) in [6.45, 7) is 1.56. The zero-order valence-electron chi connectivity index (χ0n) is 14.2. The zero-order valence-corrected chi connectivity index (χ0v) is 14.2. The highest BCUT2D eigenvalue weighted by Crippen LogP contribution is 2.23. The predicted octanol–water partition coefficient (Wildman–Crippen LogP) is 2.52. The maximum Gasteiger partial charge on any atom is 0.247 e. The van der Waals surface area contributed by atoms with Crippen molar-refractivity contribution in [2.24, 2.45) is 0 Å². The van der Waals surface area contributed by atoms with Crippen LogP contribution in [0.25, 0.3) is 10.8 Å². The van der Waals surface area contributed by atoms with Crippen LogP contribution in [-0.4, -0.2) is 41.9 Å². The lowest BCUT2D eigenvalue weighted by atomic mass is 10.1. The van der Waals surface area contributed by atoms with Crippen LogP contribution in [0.2, 0.25) is 0 Å². The van der Waals surface area contributed by atoms with E-state index in [4.69, 9.17) is 0 Å². The Hall–Kier alpha value is -2.40. The highest BCUT2D eigenvalue weighted by Gasteiger charge is 2.37. The Morgan fingerprint density at radius 3 is 2.68 bits per heavy atom. The second-order valence-corrected chi connectivity index (χ2v) is 6.89. The number of carbonyl (C=O) groups is 2. The van der Waals surface area contributed by atoms with Crippen molar-refractivity contribution in [3.05, 3.63) is 42.5 Å². The predicted molar refractivity (Wildman–Crippen MR) is 98.3 cm³/mol. The van der Waals surface area contributed by atoms with Crippen LogP contribution in [0.3, 0.4) is 0 Å². The van der Waals surface area contributed by atoms with Gasteiger partial charge in [-0.3, -0.25) is 9.59 Å².